The molecule has 2 aromatic carbocycles. The molecule has 0 bridgehead atoms. The van der Waals surface area contributed by atoms with Crippen LogP contribution in [0.5, 0.6) is 5.75 Å². The Bertz CT molecular complexity index is 956. The van der Waals surface area contributed by atoms with Crippen LogP contribution in [0.15, 0.2) is 36.4 Å². The van der Waals surface area contributed by atoms with Crippen LogP contribution in [0.4, 0.5) is 10.8 Å². The molecular formula is C20H21N3O2S. The van der Waals surface area contributed by atoms with Gasteiger partial charge in [-0.05, 0) is 37.1 Å². The van der Waals surface area contributed by atoms with Gasteiger partial charge in [0.25, 0.3) is 0 Å². The zero-order chi connectivity index (χ0) is 18.3. The van der Waals surface area contributed by atoms with E-state index in [1.54, 1.807) is 18.4 Å². The molecule has 26 heavy (non-hydrogen) atoms. The van der Waals surface area contributed by atoms with Gasteiger partial charge in [0.05, 0.1) is 23.2 Å². The van der Waals surface area contributed by atoms with Gasteiger partial charge < -0.3 is 15.0 Å². The van der Waals surface area contributed by atoms with Crippen molar-refractivity contribution in [3.8, 4) is 5.75 Å². The largest absolute Gasteiger partial charge is 0.497 e. The fraction of sp³-hybridized carbons (Fsp3) is 0.300. The van der Waals surface area contributed by atoms with Crippen LogP contribution in [-0.4, -0.2) is 31.1 Å². The SMILES string of the molecule is COc1ccc2sc(N3CC(C(=O)Nc4c(C)cccc4C)C3)nc2c1. The van der Waals surface area contributed by atoms with Crippen LogP contribution >= 0.6 is 11.3 Å². The molecule has 1 fully saturated rings. The molecule has 134 valence electrons. The van der Waals surface area contributed by atoms with Gasteiger partial charge in [0.1, 0.15) is 5.75 Å². The number of rotatable bonds is 4. The number of nitrogens with one attached hydrogen (secondary N) is 1. The number of nitrogens with zero attached hydrogens (tertiary/aromatic N) is 2. The van der Waals surface area contributed by atoms with Crippen LogP contribution in [0.1, 0.15) is 11.1 Å². The van der Waals surface area contributed by atoms with Crippen molar-refractivity contribution in [2.45, 2.75) is 13.8 Å². The number of carbonyl (C=O) groups is 1. The van der Waals surface area contributed by atoms with E-state index in [0.29, 0.717) is 13.1 Å². The Kier molecular flexibility index (Phi) is 4.28. The topological polar surface area (TPSA) is 54.5 Å². The van der Waals surface area contributed by atoms with E-state index in [1.807, 2.05) is 50.2 Å². The first-order valence-corrected chi connectivity index (χ1v) is 9.43. The van der Waals surface area contributed by atoms with Crippen molar-refractivity contribution in [3.63, 3.8) is 0 Å². The van der Waals surface area contributed by atoms with Crippen molar-refractivity contribution in [3.05, 3.63) is 47.5 Å². The molecule has 3 aromatic rings. The molecule has 0 unspecified atom stereocenters. The lowest BCUT2D eigenvalue weighted by molar-refractivity contribution is -0.120. The zero-order valence-corrected chi connectivity index (χ0v) is 15.9. The maximum atomic E-state index is 12.6. The second-order valence-electron chi connectivity index (χ2n) is 6.69. The summed E-state index contributed by atoms with van der Waals surface area (Å²) in [7, 11) is 1.66. The number of ether oxygens (including phenoxy) is 1. The fourth-order valence-corrected chi connectivity index (χ4v) is 4.16. The van der Waals surface area contributed by atoms with Gasteiger partial charge in [-0.2, -0.15) is 0 Å². The molecule has 4 rings (SSSR count). The third-order valence-electron chi connectivity index (χ3n) is 4.84. The Morgan fingerprint density at radius 2 is 1.96 bits per heavy atom. The van der Waals surface area contributed by atoms with Crippen LogP contribution in [0.25, 0.3) is 10.2 Å². The quantitative estimate of drug-likeness (QED) is 0.757. The van der Waals surface area contributed by atoms with Crippen LogP contribution in [0.3, 0.4) is 0 Å². The second kappa shape index (κ2) is 6.61. The van der Waals surface area contributed by atoms with Crippen LogP contribution in [0.2, 0.25) is 0 Å². The lowest BCUT2D eigenvalue weighted by Crippen LogP contribution is -2.52. The summed E-state index contributed by atoms with van der Waals surface area (Å²) in [6.07, 6.45) is 0. The third kappa shape index (κ3) is 3.01. The summed E-state index contributed by atoms with van der Waals surface area (Å²) in [5.41, 5.74) is 4.06. The van der Waals surface area contributed by atoms with Crippen LogP contribution in [-0.2, 0) is 4.79 Å². The highest BCUT2D eigenvalue weighted by Gasteiger charge is 2.34. The molecule has 0 radical (unpaired) electrons. The minimum absolute atomic E-state index is 0.00412. The highest BCUT2D eigenvalue weighted by atomic mass is 32.1. The summed E-state index contributed by atoms with van der Waals surface area (Å²) < 4.78 is 6.38. The molecule has 1 aliphatic rings. The van der Waals surface area contributed by atoms with E-state index >= 15 is 0 Å². The first kappa shape index (κ1) is 16.8. The van der Waals surface area contributed by atoms with Crippen molar-refractivity contribution in [1.29, 1.82) is 0 Å². The molecule has 1 aliphatic heterocycles. The molecule has 1 aromatic heterocycles. The van der Waals surface area contributed by atoms with Gasteiger partial charge in [0.15, 0.2) is 5.13 Å². The van der Waals surface area contributed by atoms with Gasteiger partial charge in [0, 0.05) is 24.8 Å². The van der Waals surface area contributed by atoms with Crippen LogP contribution in [0, 0.1) is 19.8 Å². The number of benzene rings is 2. The summed E-state index contributed by atoms with van der Waals surface area (Å²) in [4.78, 5) is 19.4. The maximum Gasteiger partial charge on any atom is 0.231 e. The monoisotopic (exact) mass is 367 g/mol. The summed E-state index contributed by atoms with van der Waals surface area (Å²) in [5.74, 6) is 0.890. The van der Waals surface area contributed by atoms with Crippen molar-refractivity contribution in [2.24, 2.45) is 5.92 Å². The molecule has 0 atom stereocenters. The summed E-state index contributed by atoms with van der Waals surface area (Å²) >= 11 is 1.65. The van der Waals surface area contributed by atoms with E-state index in [2.05, 4.69) is 15.2 Å². The average molecular weight is 367 g/mol. The number of aryl methyl sites for hydroxylation is 2. The molecule has 1 saturated heterocycles. The molecule has 1 N–H and O–H groups in total. The Morgan fingerprint density at radius 3 is 2.65 bits per heavy atom. The van der Waals surface area contributed by atoms with E-state index in [9.17, 15) is 4.79 Å². The number of hydrogen-bond acceptors (Lipinski definition) is 5. The number of fused-ring (bicyclic) bond motifs is 1. The first-order chi connectivity index (χ1) is 12.5. The lowest BCUT2D eigenvalue weighted by Gasteiger charge is -2.38. The molecule has 0 saturated carbocycles. The van der Waals surface area contributed by atoms with Crippen LogP contribution < -0.4 is 15.0 Å². The fourth-order valence-electron chi connectivity index (χ4n) is 3.19. The molecule has 2 heterocycles. The zero-order valence-electron chi connectivity index (χ0n) is 15.1. The lowest BCUT2D eigenvalue weighted by atomic mass is 9.99. The predicted molar refractivity (Wildman–Crippen MR) is 106 cm³/mol. The standard InChI is InChI=1S/C20H21N3O2S/c1-12-5-4-6-13(2)18(12)22-19(24)14-10-23(11-14)20-21-16-9-15(25-3)7-8-17(16)26-20/h4-9,14H,10-11H2,1-3H3,(H,22,24). The van der Waals surface area contributed by atoms with E-state index in [4.69, 9.17) is 4.74 Å². The molecular weight excluding hydrogens is 346 g/mol. The number of para-hydroxylation sites is 1. The van der Waals surface area contributed by atoms with Gasteiger partial charge in [-0.25, -0.2) is 4.98 Å². The Morgan fingerprint density at radius 1 is 1.23 bits per heavy atom. The molecule has 1 amide bonds. The highest BCUT2D eigenvalue weighted by Crippen LogP contribution is 2.34. The van der Waals surface area contributed by atoms with Gasteiger partial charge in [-0.3, -0.25) is 4.79 Å². The van der Waals surface area contributed by atoms with Crippen molar-refractivity contribution in [1.82, 2.24) is 4.98 Å². The van der Waals surface area contributed by atoms with Crippen molar-refractivity contribution < 1.29 is 9.53 Å². The summed E-state index contributed by atoms with van der Waals surface area (Å²) in [5, 5.41) is 4.06. The number of thiazole rings is 1. The average Bonchev–Trinajstić information content (AvgIpc) is 2.99. The minimum atomic E-state index is -0.00412. The van der Waals surface area contributed by atoms with E-state index in [0.717, 1.165) is 37.9 Å². The molecule has 0 aliphatic carbocycles. The van der Waals surface area contributed by atoms with Gasteiger partial charge in [-0.15, -0.1) is 0 Å². The number of anilines is 2. The summed E-state index contributed by atoms with van der Waals surface area (Å²) in [6.45, 7) is 5.44. The van der Waals surface area contributed by atoms with E-state index in [1.165, 1.54) is 0 Å². The second-order valence-corrected chi connectivity index (χ2v) is 7.70. The minimum Gasteiger partial charge on any atom is -0.497 e. The van der Waals surface area contributed by atoms with E-state index in [-0.39, 0.29) is 11.8 Å². The van der Waals surface area contributed by atoms with E-state index < -0.39 is 0 Å². The molecule has 6 heteroatoms. The predicted octanol–water partition coefficient (Wildman–Crippen LogP) is 4.00. The molecule has 5 nitrogen and oxygen atoms in total. The number of aromatic nitrogens is 1. The van der Waals surface area contributed by atoms with Crippen molar-refractivity contribution >= 4 is 38.3 Å². The normalized spacial score (nSPS) is 14.3. The Balaban J connectivity index is 1.43. The third-order valence-corrected chi connectivity index (χ3v) is 5.93. The van der Waals surface area contributed by atoms with Gasteiger partial charge in [0.2, 0.25) is 5.91 Å². The molecule has 0 spiro atoms. The number of methoxy groups -OCH3 is 1. The van der Waals surface area contributed by atoms with Gasteiger partial charge in [-0.1, -0.05) is 29.5 Å². The summed E-state index contributed by atoms with van der Waals surface area (Å²) in [6, 6.07) is 12.0. The highest BCUT2D eigenvalue weighted by molar-refractivity contribution is 7.22. The first-order valence-electron chi connectivity index (χ1n) is 8.62. The van der Waals surface area contributed by atoms with Gasteiger partial charge >= 0.3 is 0 Å². The Hall–Kier alpha value is -2.60. The Labute approximate surface area is 156 Å². The van der Waals surface area contributed by atoms with Crippen molar-refractivity contribution in [2.75, 3.05) is 30.4 Å². The number of hydrogen-bond donors (Lipinski definition) is 1. The maximum absolute atomic E-state index is 12.6. The number of carbonyl (C=O) groups excluding carboxylic acids is 1. The number of amides is 1. The smallest absolute Gasteiger partial charge is 0.231 e.